The van der Waals surface area contributed by atoms with Gasteiger partial charge in [-0.2, -0.15) is 0 Å². The summed E-state index contributed by atoms with van der Waals surface area (Å²) in [6.07, 6.45) is 1.50. The maximum atomic E-state index is 13.0. The summed E-state index contributed by atoms with van der Waals surface area (Å²) in [6, 6.07) is 7.56. The van der Waals surface area contributed by atoms with E-state index in [2.05, 4.69) is 10.1 Å². The number of nitrogens with one attached hydrogen (secondary N) is 1. The van der Waals surface area contributed by atoms with E-state index in [-0.39, 0.29) is 34.4 Å². The molecule has 0 radical (unpaired) electrons. The molecule has 14 heteroatoms. The van der Waals surface area contributed by atoms with Crippen LogP contribution < -0.4 is 14.8 Å². The number of halogens is 2. The first-order valence-corrected chi connectivity index (χ1v) is 14.0. The number of carbonyl (C=O) groups is 5. The molecule has 2 aromatic rings. The molecule has 40 heavy (non-hydrogen) atoms. The van der Waals surface area contributed by atoms with Crippen LogP contribution in [0.1, 0.15) is 29.8 Å². The van der Waals surface area contributed by atoms with E-state index in [1.165, 1.54) is 31.4 Å². The van der Waals surface area contributed by atoms with Crippen LogP contribution in [-0.2, 0) is 23.9 Å². The van der Waals surface area contributed by atoms with Crippen LogP contribution in [0.15, 0.2) is 35.2 Å². The van der Waals surface area contributed by atoms with Gasteiger partial charge in [-0.3, -0.25) is 19.3 Å². The maximum Gasteiger partial charge on any atom is 0.343 e. The number of hydrogen-bond donors (Lipinski definition) is 1. The molecule has 212 valence electrons. The molecule has 3 amide bonds. The quantitative estimate of drug-likeness (QED) is 0.199. The maximum absolute atomic E-state index is 13.0. The van der Waals surface area contributed by atoms with Crippen molar-refractivity contribution in [3.8, 4) is 11.5 Å². The Bertz CT molecular complexity index is 1380. The van der Waals surface area contributed by atoms with Gasteiger partial charge in [-0.05, 0) is 90.2 Å². The summed E-state index contributed by atoms with van der Waals surface area (Å²) in [5.41, 5.74) is 0.853. The van der Waals surface area contributed by atoms with Gasteiger partial charge in [0.1, 0.15) is 6.54 Å². The number of nitrogens with zero attached hydrogens (tertiary/aromatic N) is 1. The van der Waals surface area contributed by atoms with E-state index in [9.17, 15) is 24.0 Å². The molecule has 1 aliphatic heterocycles. The van der Waals surface area contributed by atoms with Crippen LogP contribution in [0, 0.1) is 3.57 Å². The number of hydrogen-bond acceptors (Lipinski definition) is 10. The first-order chi connectivity index (χ1) is 19.1. The van der Waals surface area contributed by atoms with Crippen molar-refractivity contribution >= 4 is 86.7 Å². The molecule has 1 aliphatic rings. The van der Waals surface area contributed by atoms with E-state index in [1.54, 1.807) is 26.0 Å². The van der Waals surface area contributed by atoms with Gasteiger partial charge in [0, 0.05) is 5.69 Å². The summed E-state index contributed by atoms with van der Waals surface area (Å²) in [4.78, 5) is 62.7. The van der Waals surface area contributed by atoms with Crippen molar-refractivity contribution < 1.29 is 42.9 Å². The number of amides is 3. The van der Waals surface area contributed by atoms with E-state index >= 15 is 0 Å². The minimum absolute atomic E-state index is 0.0678. The van der Waals surface area contributed by atoms with Crippen LogP contribution in [0.5, 0.6) is 11.5 Å². The minimum Gasteiger partial charge on any atom is -0.490 e. The highest BCUT2D eigenvalue weighted by Crippen LogP contribution is 2.37. The zero-order chi connectivity index (χ0) is 29.4. The Morgan fingerprint density at radius 1 is 1.10 bits per heavy atom. The summed E-state index contributed by atoms with van der Waals surface area (Å²) in [5, 5.41) is 2.09. The number of imide groups is 1. The largest absolute Gasteiger partial charge is 0.490 e. The SMILES string of the molecule is CCOC(=O)c1cc(NC(=O)CN2C(=O)S/C(=C/c3cc(I)c(OCC(=O)OC)c(OCC)c3)C2=O)ccc1Cl. The zero-order valence-electron chi connectivity index (χ0n) is 21.6. The number of anilines is 1. The van der Waals surface area contributed by atoms with Crippen LogP contribution in [-0.4, -0.2) is 67.4 Å². The second kappa shape index (κ2) is 14.4. The van der Waals surface area contributed by atoms with Gasteiger partial charge in [0.2, 0.25) is 5.91 Å². The van der Waals surface area contributed by atoms with Gasteiger partial charge >= 0.3 is 11.9 Å². The fourth-order valence-electron chi connectivity index (χ4n) is 3.36. The van der Waals surface area contributed by atoms with Gasteiger partial charge < -0.3 is 24.3 Å². The highest BCUT2D eigenvalue weighted by molar-refractivity contribution is 14.1. The number of rotatable bonds is 11. The molecular formula is C26H24ClIN2O9S. The monoisotopic (exact) mass is 702 g/mol. The highest BCUT2D eigenvalue weighted by atomic mass is 127. The van der Waals surface area contributed by atoms with Crippen LogP contribution >= 0.6 is 46.0 Å². The van der Waals surface area contributed by atoms with Crippen LogP contribution in [0.4, 0.5) is 10.5 Å². The average Bonchev–Trinajstić information content (AvgIpc) is 3.16. The first-order valence-electron chi connectivity index (χ1n) is 11.8. The van der Waals surface area contributed by atoms with Gasteiger partial charge in [-0.15, -0.1) is 0 Å². The molecule has 2 aromatic carbocycles. The number of thioether (sulfide) groups is 1. The summed E-state index contributed by atoms with van der Waals surface area (Å²) in [7, 11) is 1.25. The van der Waals surface area contributed by atoms with Crippen LogP contribution in [0.2, 0.25) is 5.02 Å². The van der Waals surface area contributed by atoms with Crippen molar-refractivity contribution in [3.05, 3.63) is 55.0 Å². The molecule has 0 spiro atoms. The Labute approximate surface area is 252 Å². The molecule has 0 atom stereocenters. The van der Waals surface area contributed by atoms with Crippen molar-refractivity contribution in [2.75, 3.05) is 38.8 Å². The molecule has 11 nitrogen and oxygen atoms in total. The third-order valence-electron chi connectivity index (χ3n) is 5.11. The van der Waals surface area contributed by atoms with Crippen LogP contribution in [0.25, 0.3) is 6.08 Å². The Hall–Kier alpha value is -3.30. The zero-order valence-corrected chi connectivity index (χ0v) is 25.3. The standard InChI is InChI=1S/C26H24ClIN2O9S/c1-4-37-19-9-14(8-18(28)23(19)39-13-22(32)36-3)10-20-24(33)30(26(35)40-20)12-21(31)29-15-6-7-17(27)16(11-15)25(34)38-5-2/h6-11H,4-5,12-13H2,1-3H3,(H,29,31)/b20-10+. The van der Waals surface area contributed by atoms with Crippen molar-refractivity contribution in [3.63, 3.8) is 0 Å². The fraction of sp³-hybridized carbons (Fsp3) is 0.269. The van der Waals surface area contributed by atoms with Crippen LogP contribution in [0.3, 0.4) is 0 Å². The third kappa shape index (κ3) is 7.88. The second-order valence-electron chi connectivity index (χ2n) is 7.86. The summed E-state index contributed by atoms with van der Waals surface area (Å²) >= 11 is 8.74. The van der Waals surface area contributed by atoms with E-state index in [1.807, 2.05) is 22.6 Å². The topological polar surface area (TPSA) is 138 Å². The molecule has 1 heterocycles. The first kappa shape index (κ1) is 31.2. The predicted molar refractivity (Wildman–Crippen MR) is 157 cm³/mol. The Kier molecular flexibility index (Phi) is 11.2. The molecule has 0 saturated carbocycles. The number of benzene rings is 2. The second-order valence-corrected chi connectivity index (χ2v) is 10.4. The molecule has 1 saturated heterocycles. The molecular weight excluding hydrogens is 679 g/mol. The van der Waals surface area contributed by atoms with Crippen molar-refractivity contribution in [2.24, 2.45) is 0 Å². The highest BCUT2D eigenvalue weighted by Gasteiger charge is 2.36. The predicted octanol–water partition coefficient (Wildman–Crippen LogP) is 4.75. The van der Waals surface area contributed by atoms with E-state index in [0.29, 0.717) is 39.0 Å². The molecule has 0 aliphatic carbocycles. The lowest BCUT2D eigenvalue weighted by Gasteiger charge is -2.14. The average molecular weight is 703 g/mol. The van der Waals surface area contributed by atoms with E-state index < -0.39 is 35.5 Å². The van der Waals surface area contributed by atoms with E-state index in [4.69, 9.17) is 25.8 Å². The normalized spacial score (nSPS) is 13.8. The minimum atomic E-state index is -0.652. The summed E-state index contributed by atoms with van der Waals surface area (Å²) in [6.45, 7) is 3.04. The van der Waals surface area contributed by atoms with Gasteiger partial charge in [0.15, 0.2) is 18.1 Å². The molecule has 3 rings (SSSR count). The smallest absolute Gasteiger partial charge is 0.343 e. The molecule has 1 N–H and O–H groups in total. The van der Waals surface area contributed by atoms with Gasteiger partial charge in [0.25, 0.3) is 11.1 Å². The lowest BCUT2D eigenvalue weighted by molar-refractivity contribution is -0.143. The molecule has 0 aromatic heterocycles. The Balaban J connectivity index is 1.75. The Morgan fingerprint density at radius 2 is 1.85 bits per heavy atom. The summed E-state index contributed by atoms with van der Waals surface area (Å²) in [5.74, 6) is -1.83. The Morgan fingerprint density at radius 3 is 2.52 bits per heavy atom. The number of ether oxygens (including phenoxy) is 4. The number of carbonyl (C=O) groups excluding carboxylic acids is 5. The lowest BCUT2D eigenvalue weighted by Crippen LogP contribution is -2.36. The molecule has 1 fully saturated rings. The van der Waals surface area contributed by atoms with Crippen molar-refractivity contribution in [2.45, 2.75) is 13.8 Å². The summed E-state index contributed by atoms with van der Waals surface area (Å²) < 4.78 is 21.3. The molecule has 0 bridgehead atoms. The third-order valence-corrected chi connectivity index (χ3v) is 7.15. The van der Waals surface area contributed by atoms with Crippen molar-refractivity contribution in [1.29, 1.82) is 0 Å². The lowest BCUT2D eigenvalue weighted by atomic mass is 10.2. The van der Waals surface area contributed by atoms with Gasteiger partial charge in [-0.1, -0.05) is 11.6 Å². The molecule has 0 unspecified atom stereocenters. The number of methoxy groups -OCH3 is 1. The van der Waals surface area contributed by atoms with Gasteiger partial charge in [-0.25, -0.2) is 9.59 Å². The van der Waals surface area contributed by atoms with E-state index in [0.717, 1.165) is 4.90 Å². The number of esters is 2. The van der Waals surface area contributed by atoms with Gasteiger partial charge in [0.05, 0.1) is 39.4 Å². The van der Waals surface area contributed by atoms with Crippen molar-refractivity contribution in [1.82, 2.24) is 4.90 Å². The fourth-order valence-corrected chi connectivity index (χ4v) is 5.18.